The summed E-state index contributed by atoms with van der Waals surface area (Å²) in [6, 6.07) is 8.80. The average Bonchev–Trinajstić information content (AvgIpc) is 3.07. The number of carbonyl (C=O) groups is 2. The number of hydrogen-bond acceptors (Lipinski definition) is 5. The van der Waals surface area contributed by atoms with E-state index in [1.165, 1.54) is 0 Å². The molecule has 140 valence electrons. The van der Waals surface area contributed by atoms with Crippen molar-refractivity contribution in [1.29, 1.82) is 0 Å². The van der Waals surface area contributed by atoms with Gasteiger partial charge in [0.25, 0.3) is 11.8 Å². The number of anilines is 1. The van der Waals surface area contributed by atoms with Crippen LogP contribution in [0.25, 0.3) is 0 Å². The van der Waals surface area contributed by atoms with E-state index < -0.39 is 0 Å². The zero-order chi connectivity index (χ0) is 19.0. The molecule has 27 heavy (non-hydrogen) atoms. The minimum atomic E-state index is -0.231. The molecule has 0 radical (unpaired) electrons. The molecule has 2 aromatic carbocycles. The molecular weight excluding hydrogens is 348 g/mol. The van der Waals surface area contributed by atoms with Crippen LogP contribution >= 0.6 is 0 Å². The molecule has 2 aliphatic rings. The number of aryl methyl sites for hydroxylation is 1. The van der Waals surface area contributed by atoms with Crippen LogP contribution in [-0.4, -0.2) is 32.6 Å². The highest BCUT2D eigenvalue weighted by Crippen LogP contribution is 2.39. The van der Waals surface area contributed by atoms with Gasteiger partial charge in [-0.05, 0) is 54.3 Å². The summed E-state index contributed by atoms with van der Waals surface area (Å²) in [5.74, 6) is 1.46. The molecule has 0 aromatic heterocycles. The molecule has 2 aromatic rings. The van der Waals surface area contributed by atoms with E-state index in [1.54, 1.807) is 32.4 Å². The number of benzene rings is 2. The number of ether oxygens (including phenoxy) is 3. The van der Waals surface area contributed by atoms with Crippen LogP contribution < -0.4 is 24.8 Å². The number of nitrogens with one attached hydrogen (secondary N) is 2. The summed E-state index contributed by atoms with van der Waals surface area (Å²) in [5.41, 5.74) is 3.16. The Bertz CT molecular complexity index is 925. The molecular formula is C20H20N2O5. The summed E-state index contributed by atoms with van der Waals surface area (Å²) in [7, 11) is 3.20. The number of methoxy groups -OCH3 is 2. The standard InChI is InChI=1S/C20H20N2O5/c1-25-17-8-11-3-5-14(13(11)9-18(17)26-2)22-20(24)12-4-6-16-15(7-12)21-19(23)10-27-16/h4,6-9,14H,3,5,10H2,1-2H3,(H,21,23)(H,22,24)/t14-/m1/s1. The third-order valence-corrected chi connectivity index (χ3v) is 4.90. The first-order chi connectivity index (χ1) is 13.1. The van der Waals surface area contributed by atoms with Crippen molar-refractivity contribution in [3.05, 3.63) is 47.0 Å². The van der Waals surface area contributed by atoms with Gasteiger partial charge >= 0.3 is 0 Å². The van der Waals surface area contributed by atoms with E-state index in [9.17, 15) is 9.59 Å². The maximum absolute atomic E-state index is 12.7. The van der Waals surface area contributed by atoms with Gasteiger partial charge in [0.15, 0.2) is 18.1 Å². The molecule has 0 spiro atoms. The molecule has 2 amide bonds. The molecule has 0 bridgehead atoms. The molecule has 7 nitrogen and oxygen atoms in total. The van der Waals surface area contributed by atoms with E-state index in [0.29, 0.717) is 28.5 Å². The molecule has 1 atom stereocenters. The number of rotatable bonds is 4. The number of amides is 2. The SMILES string of the molecule is COc1cc2c(cc1OC)[C@H](NC(=O)c1ccc3c(c1)NC(=O)CO3)CC2. The second-order valence-corrected chi connectivity index (χ2v) is 6.52. The molecule has 1 aliphatic heterocycles. The Hall–Kier alpha value is -3.22. The summed E-state index contributed by atoms with van der Waals surface area (Å²) < 4.78 is 16.1. The first-order valence-electron chi connectivity index (χ1n) is 8.71. The van der Waals surface area contributed by atoms with Crippen LogP contribution in [0.5, 0.6) is 17.2 Å². The fraction of sp³-hybridized carbons (Fsp3) is 0.300. The van der Waals surface area contributed by atoms with Gasteiger partial charge in [0.1, 0.15) is 5.75 Å². The molecule has 7 heteroatoms. The van der Waals surface area contributed by atoms with Gasteiger partial charge in [-0.2, -0.15) is 0 Å². The van der Waals surface area contributed by atoms with Crippen molar-refractivity contribution in [3.63, 3.8) is 0 Å². The van der Waals surface area contributed by atoms with Crippen LogP contribution in [0.4, 0.5) is 5.69 Å². The first-order valence-corrected chi connectivity index (χ1v) is 8.71. The largest absolute Gasteiger partial charge is 0.493 e. The summed E-state index contributed by atoms with van der Waals surface area (Å²) in [6.07, 6.45) is 1.66. The number of hydrogen-bond donors (Lipinski definition) is 2. The lowest BCUT2D eigenvalue weighted by atomic mass is 10.1. The molecule has 1 heterocycles. The maximum Gasteiger partial charge on any atom is 0.262 e. The Morgan fingerprint density at radius 1 is 1.19 bits per heavy atom. The van der Waals surface area contributed by atoms with Gasteiger partial charge in [-0.15, -0.1) is 0 Å². The van der Waals surface area contributed by atoms with Gasteiger partial charge in [-0.25, -0.2) is 0 Å². The fourth-order valence-corrected chi connectivity index (χ4v) is 3.55. The van der Waals surface area contributed by atoms with E-state index >= 15 is 0 Å². The van der Waals surface area contributed by atoms with Gasteiger partial charge < -0.3 is 24.8 Å². The monoisotopic (exact) mass is 368 g/mol. The highest BCUT2D eigenvalue weighted by Gasteiger charge is 2.27. The summed E-state index contributed by atoms with van der Waals surface area (Å²) in [6.45, 7) is -0.0112. The van der Waals surface area contributed by atoms with E-state index in [4.69, 9.17) is 14.2 Å². The summed E-state index contributed by atoms with van der Waals surface area (Å²) in [5, 5.41) is 5.79. The zero-order valence-corrected chi connectivity index (χ0v) is 15.1. The molecule has 1 aliphatic carbocycles. The van der Waals surface area contributed by atoms with E-state index in [-0.39, 0.29) is 24.5 Å². The van der Waals surface area contributed by atoms with E-state index in [0.717, 1.165) is 24.0 Å². The lowest BCUT2D eigenvalue weighted by molar-refractivity contribution is -0.118. The number of carbonyl (C=O) groups excluding carboxylic acids is 2. The van der Waals surface area contributed by atoms with Crippen molar-refractivity contribution in [2.24, 2.45) is 0 Å². The maximum atomic E-state index is 12.7. The van der Waals surface area contributed by atoms with Crippen molar-refractivity contribution in [1.82, 2.24) is 5.32 Å². The van der Waals surface area contributed by atoms with Crippen molar-refractivity contribution < 1.29 is 23.8 Å². The highest BCUT2D eigenvalue weighted by atomic mass is 16.5. The Labute approximate surface area is 156 Å². The van der Waals surface area contributed by atoms with Crippen molar-refractivity contribution >= 4 is 17.5 Å². The molecule has 0 saturated carbocycles. The Morgan fingerprint density at radius 2 is 1.96 bits per heavy atom. The van der Waals surface area contributed by atoms with Gasteiger partial charge in [-0.3, -0.25) is 9.59 Å². The molecule has 0 saturated heterocycles. The fourth-order valence-electron chi connectivity index (χ4n) is 3.55. The van der Waals surface area contributed by atoms with E-state index in [2.05, 4.69) is 10.6 Å². The summed E-state index contributed by atoms with van der Waals surface area (Å²) in [4.78, 5) is 24.2. The van der Waals surface area contributed by atoms with E-state index in [1.807, 2.05) is 12.1 Å². The van der Waals surface area contributed by atoms with Crippen LogP contribution in [0, 0.1) is 0 Å². The average molecular weight is 368 g/mol. The molecule has 0 unspecified atom stereocenters. The van der Waals surface area contributed by atoms with Crippen molar-refractivity contribution in [2.75, 3.05) is 26.1 Å². The minimum absolute atomic E-state index is 0.0112. The van der Waals surface area contributed by atoms with Crippen LogP contribution in [0.2, 0.25) is 0 Å². The molecule has 0 fully saturated rings. The number of fused-ring (bicyclic) bond motifs is 2. The normalized spacial score (nSPS) is 17.3. The minimum Gasteiger partial charge on any atom is -0.493 e. The summed E-state index contributed by atoms with van der Waals surface area (Å²) >= 11 is 0. The second kappa shape index (κ2) is 6.83. The zero-order valence-electron chi connectivity index (χ0n) is 15.1. The quantitative estimate of drug-likeness (QED) is 0.866. The Kier molecular flexibility index (Phi) is 4.35. The lowest BCUT2D eigenvalue weighted by Gasteiger charge is -2.19. The van der Waals surface area contributed by atoms with Gasteiger partial charge in [0.2, 0.25) is 0 Å². The Morgan fingerprint density at radius 3 is 2.74 bits per heavy atom. The van der Waals surface area contributed by atoms with Crippen LogP contribution in [0.1, 0.15) is 33.9 Å². The third-order valence-electron chi connectivity index (χ3n) is 4.90. The van der Waals surface area contributed by atoms with Crippen molar-refractivity contribution in [3.8, 4) is 17.2 Å². The highest BCUT2D eigenvalue weighted by molar-refractivity contribution is 6.00. The van der Waals surface area contributed by atoms with Crippen LogP contribution in [-0.2, 0) is 11.2 Å². The van der Waals surface area contributed by atoms with Gasteiger partial charge in [0, 0.05) is 5.56 Å². The predicted molar refractivity (Wildman–Crippen MR) is 98.6 cm³/mol. The second-order valence-electron chi connectivity index (χ2n) is 6.52. The molecule has 2 N–H and O–H groups in total. The van der Waals surface area contributed by atoms with Crippen molar-refractivity contribution in [2.45, 2.75) is 18.9 Å². The Balaban J connectivity index is 1.55. The lowest BCUT2D eigenvalue weighted by Crippen LogP contribution is -2.28. The first kappa shape index (κ1) is 17.2. The third kappa shape index (κ3) is 3.16. The smallest absolute Gasteiger partial charge is 0.262 e. The predicted octanol–water partition coefficient (Wildman–Crippen LogP) is 2.45. The van der Waals surface area contributed by atoms with Crippen LogP contribution in [0.15, 0.2) is 30.3 Å². The topological polar surface area (TPSA) is 85.9 Å². The van der Waals surface area contributed by atoms with Gasteiger partial charge in [-0.1, -0.05) is 0 Å². The van der Waals surface area contributed by atoms with Gasteiger partial charge in [0.05, 0.1) is 25.9 Å². The van der Waals surface area contributed by atoms with Crippen LogP contribution in [0.3, 0.4) is 0 Å². The molecule has 4 rings (SSSR count).